The zero-order chi connectivity index (χ0) is 14.7. The van der Waals surface area contributed by atoms with Crippen LogP contribution in [-0.4, -0.2) is 40.5 Å². The molecule has 0 aromatic heterocycles. The number of carbonyl (C=O) groups excluding carboxylic acids is 1. The number of nitro groups is 1. The molecule has 1 aromatic carbocycles. The molecule has 108 valence electrons. The second-order valence-corrected chi connectivity index (χ2v) is 5.27. The number of amides is 1. The molecule has 0 spiro atoms. The van der Waals surface area contributed by atoms with E-state index in [1.165, 1.54) is 18.2 Å². The van der Waals surface area contributed by atoms with Crippen LogP contribution in [-0.2, 0) is 0 Å². The van der Waals surface area contributed by atoms with Crippen molar-refractivity contribution in [3.8, 4) is 0 Å². The molecule has 0 aliphatic carbocycles. The van der Waals surface area contributed by atoms with E-state index in [1.807, 2.05) is 0 Å². The van der Waals surface area contributed by atoms with Crippen LogP contribution in [0.4, 0.5) is 5.69 Å². The summed E-state index contributed by atoms with van der Waals surface area (Å²) in [5.41, 5.74) is -0.214. The molecule has 20 heavy (non-hydrogen) atoms. The predicted octanol–water partition coefficient (Wildman–Crippen LogP) is 2.09. The maximum absolute atomic E-state index is 12.3. The lowest BCUT2D eigenvalue weighted by atomic mass is 9.97. The molecule has 1 N–H and O–H groups in total. The highest BCUT2D eigenvalue weighted by molar-refractivity contribution is 6.31. The minimum absolute atomic E-state index is 0.0573. The van der Waals surface area contributed by atoms with E-state index in [0.29, 0.717) is 25.9 Å². The topological polar surface area (TPSA) is 83.7 Å². The van der Waals surface area contributed by atoms with Crippen LogP contribution in [0.25, 0.3) is 0 Å². The van der Waals surface area contributed by atoms with Crippen molar-refractivity contribution in [3.05, 3.63) is 38.9 Å². The number of benzene rings is 1. The van der Waals surface area contributed by atoms with Gasteiger partial charge in [0.25, 0.3) is 11.6 Å². The number of hydrogen-bond acceptors (Lipinski definition) is 4. The summed E-state index contributed by atoms with van der Waals surface area (Å²) in [6, 6.07) is 4.05. The highest BCUT2D eigenvalue weighted by Crippen LogP contribution is 2.26. The largest absolute Gasteiger partial charge is 0.396 e. The van der Waals surface area contributed by atoms with Gasteiger partial charge in [-0.1, -0.05) is 11.6 Å². The molecule has 1 saturated heterocycles. The Bertz CT molecular complexity index is 527. The molecule has 0 saturated carbocycles. The van der Waals surface area contributed by atoms with E-state index in [0.717, 1.165) is 0 Å². The molecule has 1 aromatic rings. The summed E-state index contributed by atoms with van der Waals surface area (Å²) < 4.78 is 0. The van der Waals surface area contributed by atoms with Crippen LogP contribution < -0.4 is 0 Å². The molecule has 0 unspecified atom stereocenters. The SMILES string of the molecule is O=C(c1ccc(Cl)cc1[N+](=O)[O-])N1CCC(CO)CC1. The standard InChI is InChI=1S/C13H15ClN2O4/c14-10-1-2-11(12(7-10)16(19)20)13(18)15-5-3-9(8-17)4-6-15/h1-2,7,9,17H,3-6,8H2. The van der Waals surface area contributed by atoms with E-state index in [2.05, 4.69) is 0 Å². The molecule has 6 nitrogen and oxygen atoms in total. The first-order valence-corrected chi connectivity index (χ1v) is 6.74. The summed E-state index contributed by atoms with van der Waals surface area (Å²) in [6.45, 7) is 1.12. The molecule has 1 aliphatic rings. The summed E-state index contributed by atoms with van der Waals surface area (Å²) in [7, 11) is 0. The fourth-order valence-electron chi connectivity index (χ4n) is 2.33. The van der Waals surface area contributed by atoms with Crippen LogP contribution in [0.5, 0.6) is 0 Å². The Labute approximate surface area is 121 Å². The Morgan fingerprint density at radius 3 is 2.65 bits per heavy atom. The van der Waals surface area contributed by atoms with Crippen LogP contribution >= 0.6 is 11.6 Å². The van der Waals surface area contributed by atoms with Gasteiger partial charge in [-0.2, -0.15) is 0 Å². The van der Waals surface area contributed by atoms with E-state index in [4.69, 9.17) is 16.7 Å². The van der Waals surface area contributed by atoms with Crippen molar-refractivity contribution >= 4 is 23.2 Å². The maximum Gasteiger partial charge on any atom is 0.283 e. The van der Waals surface area contributed by atoms with Gasteiger partial charge < -0.3 is 10.0 Å². The van der Waals surface area contributed by atoms with Gasteiger partial charge in [-0.15, -0.1) is 0 Å². The average molecular weight is 299 g/mol. The number of nitrogens with zero attached hydrogens (tertiary/aromatic N) is 2. The number of hydrogen-bond donors (Lipinski definition) is 1. The van der Waals surface area contributed by atoms with E-state index >= 15 is 0 Å². The Morgan fingerprint density at radius 2 is 2.10 bits per heavy atom. The average Bonchev–Trinajstić information content (AvgIpc) is 2.46. The molecule has 0 atom stereocenters. The van der Waals surface area contributed by atoms with Crippen LogP contribution in [0.3, 0.4) is 0 Å². The molecule has 1 fully saturated rings. The maximum atomic E-state index is 12.3. The van der Waals surface area contributed by atoms with Crippen LogP contribution in [0, 0.1) is 16.0 Å². The van der Waals surface area contributed by atoms with Crippen molar-refractivity contribution in [2.45, 2.75) is 12.8 Å². The van der Waals surface area contributed by atoms with Crippen LogP contribution in [0.2, 0.25) is 5.02 Å². The molecule has 1 heterocycles. The summed E-state index contributed by atoms with van der Waals surface area (Å²) in [6.07, 6.45) is 1.42. The second-order valence-electron chi connectivity index (χ2n) is 4.84. The van der Waals surface area contributed by atoms with Crippen molar-refractivity contribution in [2.24, 2.45) is 5.92 Å². The van der Waals surface area contributed by atoms with Gasteiger partial charge in [0.2, 0.25) is 0 Å². The molecule has 0 bridgehead atoms. The number of carbonyl (C=O) groups is 1. The van der Waals surface area contributed by atoms with Gasteiger partial charge in [-0.25, -0.2) is 0 Å². The first kappa shape index (κ1) is 14.7. The number of nitro benzene ring substituents is 1. The third-order valence-electron chi connectivity index (χ3n) is 3.55. The zero-order valence-corrected chi connectivity index (χ0v) is 11.5. The lowest BCUT2D eigenvalue weighted by molar-refractivity contribution is -0.385. The second kappa shape index (κ2) is 6.19. The van der Waals surface area contributed by atoms with Gasteiger partial charge in [0.15, 0.2) is 0 Å². The van der Waals surface area contributed by atoms with Crippen molar-refractivity contribution in [1.82, 2.24) is 4.90 Å². The summed E-state index contributed by atoms with van der Waals surface area (Å²) in [5.74, 6) is -0.149. The fraction of sp³-hybridized carbons (Fsp3) is 0.462. The zero-order valence-electron chi connectivity index (χ0n) is 10.8. The minimum atomic E-state index is -0.598. The lowest BCUT2D eigenvalue weighted by Crippen LogP contribution is -2.39. The molecule has 1 aliphatic heterocycles. The quantitative estimate of drug-likeness (QED) is 0.684. The molecular weight excluding hydrogens is 284 g/mol. The molecule has 1 amide bonds. The van der Waals surface area contributed by atoms with Crippen LogP contribution in [0.15, 0.2) is 18.2 Å². The smallest absolute Gasteiger partial charge is 0.283 e. The van der Waals surface area contributed by atoms with Gasteiger partial charge in [0.1, 0.15) is 5.56 Å². The van der Waals surface area contributed by atoms with Gasteiger partial charge in [-0.05, 0) is 30.9 Å². The normalized spacial score (nSPS) is 16.2. The van der Waals surface area contributed by atoms with Crippen molar-refractivity contribution in [3.63, 3.8) is 0 Å². The van der Waals surface area contributed by atoms with Gasteiger partial charge in [0, 0.05) is 30.8 Å². The van der Waals surface area contributed by atoms with Crippen molar-refractivity contribution < 1.29 is 14.8 Å². The van der Waals surface area contributed by atoms with Crippen molar-refractivity contribution in [1.29, 1.82) is 0 Å². The first-order valence-electron chi connectivity index (χ1n) is 6.37. The summed E-state index contributed by atoms with van der Waals surface area (Å²) in [5, 5.41) is 20.3. The summed E-state index contributed by atoms with van der Waals surface area (Å²) >= 11 is 5.73. The monoisotopic (exact) mass is 298 g/mol. The lowest BCUT2D eigenvalue weighted by Gasteiger charge is -2.31. The highest BCUT2D eigenvalue weighted by atomic mass is 35.5. The molecule has 2 rings (SSSR count). The van der Waals surface area contributed by atoms with Gasteiger partial charge in [0.05, 0.1) is 4.92 Å². The summed E-state index contributed by atoms with van der Waals surface area (Å²) in [4.78, 5) is 24.3. The van der Waals surface area contributed by atoms with E-state index in [9.17, 15) is 14.9 Å². The molecular formula is C13H15ClN2O4. The Morgan fingerprint density at radius 1 is 1.45 bits per heavy atom. The number of rotatable bonds is 3. The molecule has 7 heteroatoms. The minimum Gasteiger partial charge on any atom is -0.396 e. The number of aliphatic hydroxyl groups excluding tert-OH is 1. The van der Waals surface area contributed by atoms with Crippen molar-refractivity contribution in [2.75, 3.05) is 19.7 Å². The number of piperidine rings is 1. The number of likely N-dealkylation sites (tertiary alicyclic amines) is 1. The third kappa shape index (κ3) is 3.08. The molecule has 0 radical (unpaired) electrons. The number of halogens is 1. The Hall–Kier alpha value is -1.66. The highest BCUT2D eigenvalue weighted by Gasteiger charge is 2.28. The Balaban J connectivity index is 2.19. The Kier molecular flexibility index (Phi) is 4.57. The first-order chi connectivity index (χ1) is 9.52. The van der Waals surface area contributed by atoms with E-state index in [1.54, 1.807) is 4.90 Å². The fourth-order valence-corrected chi connectivity index (χ4v) is 2.49. The van der Waals surface area contributed by atoms with E-state index < -0.39 is 4.92 Å². The number of aliphatic hydroxyl groups is 1. The third-order valence-corrected chi connectivity index (χ3v) is 3.78. The van der Waals surface area contributed by atoms with E-state index in [-0.39, 0.29) is 34.7 Å². The predicted molar refractivity (Wildman–Crippen MR) is 73.8 cm³/mol. The van der Waals surface area contributed by atoms with Gasteiger partial charge >= 0.3 is 0 Å². The van der Waals surface area contributed by atoms with Gasteiger partial charge in [-0.3, -0.25) is 14.9 Å². The van der Waals surface area contributed by atoms with Crippen LogP contribution in [0.1, 0.15) is 23.2 Å².